The van der Waals surface area contributed by atoms with Crippen molar-refractivity contribution < 1.29 is 9.53 Å². The van der Waals surface area contributed by atoms with Gasteiger partial charge in [0, 0.05) is 37.1 Å². The van der Waals surface area contributed by atoms with Gasteiger partial charge in [-0.2, -0.15) is 0 Å². The van der Waals surface area contributed by atoms with Crippen LogP contribution in [0.4, 0.5) is 5.69 Å². The Morgan fingerprint density at radius 2 is 2.04 bits per heavy atom. The van der Waals surface area contributed by atoms with Crippen LogP contribution in [0.25, 0.3) is 0 Å². The molecule has 3 rings (SSSR count). The largest absolute Gasteiger partial charge is 0.368 e. The topological polar surface area (TPSA) is 68.2 Å². The van der Waals surface area contributed by atoms with Crippen molar-refractivity contribution in [2.24, 2.45) is 7.05 Å². The lowest BCUT2D eigenvalue weighted by Gasteiger charge is -2.34. The van der Waals surface area contributed by atoms with Crippen LogP contribution in [0.1, 0.15) is 12.8 Å². The van der Waals surface area contributed by atoms with Crippen LogP contribution in [-0.2, 0) is 16.6 Å². The number of ether oxygens (including phenoxy) is 1. The number of rotatable bonds is 5. The van der Waals surface area contributed by atoms with Gasteiger partial charge in [-0.1, -0.05) is 11.8 Å². The molecular formula is C17H22N4O2S. The highest BCUT2D eigenvalue weighted by Crippen LogP contribution is 2.28. The first-order chi connectivity index (χ1) is 11.6. The standard InChI is InChI=1S/C17H22N4O2S/c1-21-12-11-19-16(21)24-14-5-3-13(4-6-14)20-15(22)17(23-2)7-9-18-10-8-17/h3-6,11-12,18H,7-10H2,1-2H3,(H,20,22). The molecular weight excluding hydrogens is 324 g/mol. The number of hydrogen-bond donors (Lipinski definition) is 2. The molecule has 7 heteroatoms. The first kappa shape index (κ1) is 17.0. The maximum Gasteiger partial charge on any atom is 0.256 e. The first-order valence-electron chi connectivity index (χ1n) is 7.95. The lowest BCUT2D eigenvalue weighted by Crippen LogP contribution is -2.51. The summed E-state index contributed by atoms with van der Waals surface area (Å²) < 4.78 is 7.52. The molecule has 0 radical (unpaired) electrons. The Morgan fingerprint density at radius 3 is 2.62 bits per heavy atom. The zero-order valence-corrected chi connectivity index (χ0v) is 14.7. The molecule has 1 aromatic carbocycles. The van der Waals surface area contributed by atoms with Gasteiger partial charge in [0.25, 0.3) is 5.91 Å². The number of aromatic nitrogens is 2. The molecule has 0 aliphatic carbocycles. The summed E-state index contributed by atoms with van der Waals surface area (Å²) in [4.78, 5) is 18.0. The third kappa shape index (κ3) is 3.63. The summed E-state index contributed by atoms with van der Waals surface area (Å²) in [5.41, 5.74) is 0.0465. The van der Waals surface area contributed by atoms with Gasteiger partial charge in [-0.15, -0.1) is 0 Å². The van der Waals surface area contributed by atoms with E-state index in [0.717, 1.165) is 28.8 Å². The number of carbonyl (C=O) groups excluding carboxylic acids is 1. The molecule has 1 saturated heterocycles. The van der Waals surface area contributed by atoms with Crippen LogP contribution >= 0.6 is 11.8 Å². The fraction of sp³-hybridized carbons (Fsp3) is 0.412. The van der Waals surface area contributed by atoms with Gasteiger partial charge < -0.3 is 19.9 Å². The van der Waals surface area contributed by atoms with Crippen LogP contribution in [0, 0.1) is 0 Å². The van der Waals surface area contributed by atoms with E-state index >= 15 is 0 Å². The monoisotopic (exact) mass is 346 g/mol. The van der Waals surface area contributed by atoms with E-state index in [-0.39, 0.29) is 5.91 Å². The summed E-state index contributed by atoms with van der Waals surface area (Å²) in [6.45, 7) is 1.58. The second-order valence-corrected chi connectivity index (χ2v) is 6.89. The summed E-state index contributed by atoms with van der Waals surface area (Å²) in [5.74, 6) is -0.0731. The maximum absolute atomic E-state index is 12.6. The third-order valence-corrected chi connectivity index (χ3v) is 5.40. The van der Waals surface area contributed by atoms with Gasteiger partial charge >= 0.3 is 0 Å². The van der Waals surface area contributed by atoms with E-state index in [9.17, 15) is 4.79 Å². The average Bonchev–Trinajstić information content (AvgIpc) is 3.02. The zero-order chi connectivity index (χ0) is 17.0. The van der Waals surface area contributed by atoms with Crippen molar-refractivity contribution in [2.45, 2.75) is 28.5 Å². The van der Waals surface area contributed by atoms with Crippen molar-refractivity contribution in [3.05, 3.63) is 36.7 Å². The number of anilines is 1. The molecule has 2 aromatic rings. The molecule has 24 heavy (non-hydrogen) atoms. The van der Waals surface area contributed by atoms with E-state index in [1.165, 1.54) is 0 Å². The van der Waals surface area contributed by atoms with Gasteiger partial charge in [0.2, 0.25) is 0 Å². The quantitative estimate of drug-likeness (QED) is 0.869. The van der Waals surface area contributed by atoms with Gasteiger partial charge in [0.05, 0.1) is 0 Å². The number of nitrogens with one attached hydrogen (secondary N) is 2. The number of methoxy groups -OCH3 is 1. The van der Waals surface area contributed by atoms with Gasteiger partial charge in [0.1, 0.15) is 5.60 Å². The van der Waals surface area contributed by atoms with E-state index < -0.39 is 5.60 Å². The van der Waals surface area contributed by atoms with Gasteiger partial charge in [-0.05, 0) is 50.2 Å². The number of nitrogens with zero attached hydrogens (tertiary/aromatic N) is 2. The molecule has 1 amide bonds. The first-order valence-corrected chi connectivity index (χ1v) is 8.77. The van der Waals surface area contributed by atoms with Crippen LogP contribution in [0.15, 0.2) is 46.7 Å². The number of hydrogen-bond acceptors (Lipinski definition) is 5. The minimum atomic E-state index is -0.731. The third-order valence-electron chi connectivity index (χ3n) is 4.31. The molecule has 0 atom stereocenters. The summed E-state index contributed by atoms with van der Waals surface area (Å²) >= 11 is 1.59. The van der Waals surface area contributed by atoms with Crippen LogP contribution < -0.4 is 10.6 Å². The Kier molecular flexibility index (Phi) is 5.23. The van der Waals surface area contributed by atoms with E-state index in [4.69, 9.17) is 4.74 Å². The van der Waals surface area contributed by atoms with E-state index in [2.05, 4.69) is 15.6 Å². The Balaban J connectivity index is 1.65. The summed E-state index contributed by atoms with van der Waals surface area (Å²) in [6.07, 6.45) is 5.06. The molecule has 128 valence electrons. The highest BCUT2D eigenvalue weighted by molar-refractivity contribution is 7.99. The van der Waals surface area contributed by atoms with Gasteiger partial charge in [0.15, 0.2) is 5.16 Å². The van der Waals surface area contributed by atoms with Crippen LogP contribution in [-0.4, -0.2) is 41.3 Å². The zero-order valence-electron chi connectivity index (χ0n) is 13.9. The minimum absolute atomic E-state index is 0.0731. The molecule has 1 aliphatic rings. The Bertz CT molecular complexity index is 693. The van der Waals surface area contributed by atoms with Crippen LogP contribution in [0.5, 0.6) is 0 Å². The normalized spacial score (nSPS) is 16.8. The Morgan fingerprint density at radius 1 is 1.33 bits per heavy atom. The molecule has 1 fully saturated rings. The fourth-order valence-corrected chi connectivity index (χ4v) is 3.56. The molecule has 1 aliphatic heterocycles. The summed E-state index contributed by atoms with van der Waals surface area (Å²) in [6, 6.07) is 7.79. The van der Waals surface area contributed by atoms with E-state index in [1.807, 2.05) is 42.1 Å². The summed E-state index contributed by atoms with van der Waals surface area (Å²) in [5, 5.41) is 7.16. The molecule has 0 saturated carbocycles. The number of imidazole rings is 1. The van der Waals surface area contributed by atoms with Crippen LogP contribution in [0.2, 0.25) is 0 Å². The Labute approximate surface area is 146 Å². The summed E-state index contributed by atoms with van der Waals surface area (Å²) in [7, 11) is 3.57. The van der Waals surface area contributed by atoms with Crippen molar-refractivity contribution in [1.82, 2.24) is 14.9 Å². The number of piperidine rings is 1. The molecule has 2 N–H and O–H groups in total. The molecule has 2 heterocycles. The lowest BCUT2D eigenvalue weighted by atomic mass is 9.91. The molecule has 1 aromatic heterocycles. The van der Waals surface area contributed by atoms with Gasteiger partial charge in [-0.3, -0.25) is 4.79 Å². The maximum atomic E-state index is 12.6. The van der Waals surface area contributed by atoms with Gasteiger partial charge in [-0.25, -0.2) is 4.98 Å². The highest BCUT2D eigenvalue weighted by Gasteiger charge is 2.39. The lowest BCUT2D eigenvalue weighted by molar-refractivity contribution is -0.140. The molecule has 0 bridgehead atoms. The number of aryl methyl sites for hydroxylation is 1. The molecule has 0 unspecified atom stereocenters. The second kappa shape index (κ2) is 7.38. The minimum Gasteiger partial charge on any atom is -0.368 e. The predicted molar refractivity (Wildman–Crippen MR) is 94.2 cm³/mol. The average molecular weight is 346 g/mol. The smallest absolute Gasteiger partial charge is 0.256 e. The van der Waals surface area contributed by atoms with Crippen molar-refractivity contribution in [1.29, 1.82) is 0 Å². The molecule has 6 nitrogen and oxygen atoms in total. The van der Waals surface area contributed by atoms with E-state index in [0.29, 0.717) is 12.8 Å². The number of benzene rings is 1. The SMILES string of the molecule is COC1(C(=O)Nc2ccc(Sc3nccn3C)cc2)CCNCC1. The number of amides is 1. The van der Waals surface area contributed by atoms with Crippen molar-refractivity contribution in [3.63, 3.8) is 0 Å². The van der Waals surface area contributed by atoms with Crippen molar-refractivity contribution >= 4 is 23.4 Å². The number of carbonyl (C=O) groups is 1. The van der Waals surface area contributed by atoms with Crippen molar-refractivity contribution in [3.8, 4) is 0 Å². The Hall–Kier alpha value is -1.83. The highest BCUT2D eigenvalue weighted by atomic mass is 32.2. The van der Waals surface area contributed by atoms with Crippen LogP contribution in [0.3, 0.4) is 0 Å². The fourth-order valence-electron chi connectivity index (χ4n) is 2.76. The van der Waals surface area contributed by atoms with Crippen molar-refractivity contribution in [2.75, 3.05) is 25.5 Å². The predicted octanol–water partition coefficient (Wildman–Crippen LogP) is 2.28. The van der Waals surface area contributed by atoms with E-state index in [1.54, 1.807) is 25.1 Å². The second-order valence-electron chi connectivity index (χ2n) is 5.85. The molecule has 0 spiro atoms.